The van der Waals surface area contributed by atoms with Gasteiger partial charge in [0.2, 0.25) is 0 Å². The highest BCUT2D eigenvalue weighted by atomic mass is 32.1. The molecule has 1 aromatic rings. The Labute approximate surface area is 125 Å². The normalized spacial score (nSPS) is 27.6. The Morgan fingerprint density at radius 3 is 2.90 bits per heavy atom. The SMILES string of the molecule is CC(NCC1COC2(CCCCCC2)O1)c1ccsn1. The summed E-state index contributed by atoms with van der Waals surface area (Å²) in [6.45, 7) is 3.70. The molecule has 1 aliphatic heterocycles. The molecule has 1 spiro atoms. The standard InChI is InChI=1S/C15H24N2O2S/c1-12(14-6-9-20-17-14)16-10-13-11-18-15(19-13)7-4-2-3-5-8-15/h6,9,12-13,16H,2-5,7-8,10-11H2,1H3. The molecule has 2 unspecified atom stereocenters. The van der Waals surface area contributed by atoms with Crippen LogP contribution in [0.1, 0.15) is 57.2 Å². The molecule has 1 aliphatic carbocycles. The van der Waals surface area contributed by atoms with Gasteiger partial charge in [-0.3, -0.25) is 0 Å². The maximum absolute atomic E-state index is 6.24. The van der Waals surface area contributed by atoms with Crippen molar-refractivity contribution in [3.63, 3.8) is 0 Å². The molecule has 20 heavy (non-hydrogen) atoms. The van der Waals surface area contributed by atoms with E-state index in [0.29, 0.717) is 0 Å². The first-order chi connectivity index (χ1) is 9.77. The molecule has 0 radical (unpaired) electrons. The van der Waals surface area contributed by atoms with Crippen LogP contribution in [0.3, 0.4) is 0 Å². The molecule has 2 atom stereocenters. The zero-order valence-electron chi connectivity index (χ0n) is 12.1. The first-order valence-corrected chi connectivity index (χ1v) is 8.56. The number of rotatable bonds is 4. The highest BCUT2D eigenvalue weighted by Gasteiger charge is 2.41. The molecule has 1 aromatic heterocycles. The Hall–Kier alpha value is -0.490. The van der Waals surface area contributed by atoms with Gasteiger partial charge in [0.1, 0.15) is 0 Å². The van der Waals surface area contributed by atoms with Crippen molar-refractivity contribution in [1.29, 1.82) is 0 Å². The first kappa shape index (κ1) is 14.4. The molecule has 2 heterocycles. The number of nitrogens with one attached hydrogen (secondary N) is 1. The highest BCUT2D eigenvalue weighted by Crippen LogP contribution is 2.36. The van der Waals surface area contributed by atoms with Gasteiger partial charge in [0.15, 0.2) is 5.79 Å². The van der Waals surface area contributed by atoms with Gasteiger partial charge in [0.05, 0.1) is 18.4 Å². The van der Waals surface area contributed by atoms with Crippen LogP contribution in [-0.2, 0) is 9.47 Å². The van der Waals surface area contributed by atoms with E-state index in [1.807, 2.05) is 5.38 Å². The molecule has 2 fully saturated rings. The van der Waals surface area contributed by atoms with Crippen molar-refractivity contribution in [2.24, 2.45) is 0 Å². The van der Waals surface area contributed by atoms with Gasteiger partial charge in [0.25, 0.3) is 0 Å². The summed E-state index contributed by atoms with van der Waals surface area (Å²) in [4.78, 5) is 0. The Morgan fingerprint density at radius 1 is 1.40 bits per heavy atom. The van der Waals surface area contributed by atoms with Gasteiger partial charge >= 0.3 is 0 Å². The summed E-state index contributed by atoms with van der Waals surface area (Å²) in [7, 11) is 0. The second-order valence-electron chi connectivity index (χ2n) is 5.93. The van der Waals surface area contributed by atoms with Gasteiger partial charge in [-0.2, -0.15) is 4.37 Å². The molecule has 0 bridgehead atoms. The number of hydrogen-bond donors (Lipinski definition) is 1. The lowest BCUT2D eigenvalue weighted by Crippen LogP contribution is -2.34. The first-order valence-electron chi connectivity index (χ1n) is 7.73. The summed E-state index contributed by atoms with van der Waals surface area (Å²) < 4.78 is 16.6. The summed E-state index contributed by atoms with van der Waals surface area (Å²) in [5.41, 5.74) is 1.11. The maximum atomic E-state index is 6.24. The van der Waals surface area contributed by atoms with Crippen molar-refractivity contribution in [1.82, 2.24) is 9.69 Å². The Kier molecular flexibility index (Phi) is 4.71. The second kappa shape index (κ2) is 6.52. The fourth-order valence-corrected chi connectivity index (χ4v) is 3.71. The van der Waals surface area contributed by atoms with Gasteiger partial charge in [0, 0.05) is 30.8 Å². The number of nitrogens with zero attached hydrogens (tertiary/aromatic N) is 1. The summed E-state index contributed by atoms with van der Waals surface area (Å²) in [5.74, 6) is -0.271. The number of ether oxygens (including phenoxy) is 2. The predicted molar refractivity (Wildman–Crippen MR) is 79.8 cm³/mol. The summed E-state index contributed by atoms with van der Waals surface area (Å²) in [5, 5.41) is 5.52. The van der Waals surface area contributed by atoms with Crippen molar-refractivity contribution < 1.29 is 9.47 Å². The molecule has 5 heteroatoms. The van der Waals surface area contributed by atoms with Crippen molar-refractivity contribution in [2.45, 2.75) is 63.4 Å². The Balaban J connectivity index is 1.48. The summed E-state index contributed by atoms with van der Waals surface area (Å²) in [6, 6.07) is 2.34. The van der Waals surface area contributed by atoms with Crippen LogP contribution in [-0.4, -0.2) is 29.4 Å². The van der Waals surface area contributed by atoms with Crippen molar-refractivity contribution in [2.75, 3.05) is 13.2 Å². The van der Waals surface area contributed by atoms with E-state index in [-0.39, 0.29) is 17.9 Å². The number of hydrogen-bond acceptors (Lipinski definition) is 5. The van der Waals surface area contributed by atoms with Crippen LogP contribution in [0.15, 0.2) is 11.4 Å². The third-order valence-electron chi connectivity index (χ3n) is 4.33. The van der Waals surface area contributed by atoms with Crippen molar-refractivity contribution in [3.8, 4) is 0 Å². The Bertz CT molecular complexity index is 402. The molecule has 3 rings (SSSR count). The largest absolute Gasteiger partial charge is 0.347 e. The minimum Gasteiger partial charge on any atom is -0.347 e. The van der Waals surface area contributed by atoms with E-state index in [9.17, 15) is 0 Å². The smallest absolute Gasteiger partial charge is 0.168 e. The molecular formula is C15H24N2O2S. The molecule has 4 nitrogen and oxygen atoms in total. The van der Waals surface area contributed by atoms with Crippen LogP contribution >= 0.6 is 11.5 Å². The maximum Gasteiger partial charge on any atom is 0.168 e. The minimum absolute atomic E-state index is 0.175. The molecule has 112 valence electrons. The van der Waals surface area contributed by atoms with E-state index < -0.39 is 0 Å². The lowest BCUT2D eigenvalue weighted by molar-refractivity contribution is -0.175. The van der Waals surface area contributed by atoms with Crippen LogP contribution in [0.5, 0.6) is 0 Å². The summed E-state index contributed by atoms with van der Waals surface area (Å²) >= 11 is 1.50. The molecular weight excluding hydrogens is 272 g/mol. The molecule has 1 N–H and O–H groups in total. The quantitative estimate of drug-likeness (QED) is 0.926. The van der Waals surface area contributed by atoms with Crippen molar-refractivity contribution in [3.05, 3.63) is 17.1 Å². The fraction of sp³-hybridized carbons (Fsp3) is 0.800. The minimum atomic E-state index is -0.271. The average molecular weight is 296 g/mol. The van der Waals surface area contributed by atoms with Crippen molar-refractivity contribution >= 4 is 11.5 Å². The van der Waals surface area contributed by atoms with Gasteiger partial charge in [-0.1, -0.05) is 12.8 Å². The van der Waals surface area contributed by atoms with E-state index in [1.165, 1.54) is 37.2 Å². The van der Waals surface area contributed by atoms with Gasteiger partial charge in [-0.25, -0.2) is 0 Å². The van der Waals surface area contributed by atoms with Crippen LogP contribution in [0.25, 0.3) is 0 Å². The molecule has 0 amide bonds. The summed E-state index contributed by atoms with van der Waals surface area (Å²) in [6.07, 6.45) is 7.39. The third kappa shape index (κ3) is 3.39. The fourth-order valence-electron chi connectivity index (χ4n) is 3.10. The monoisotopic (exact) mass is 296 g/mol. The average Bonchev–Trinajstić information content (AvgIpc) is 3.05. The van der Waals surface area contributed by atoms with E-state index in [1.54, 1.807) is 0 Å². The zero-order chi connectivity index (χ0) is 13.8. The van der Waals surface area contributed by atoms with Crippen LogP contribution in [0, 0.1) is 0 Å². The van der Waals surface area contributed by atoms with E-state index in [0.717, 1.165) is 31.7 Å². The zero-order valence-corrected chi connectivity index (χ0v) is 13.0. The lowest BCUT2D eigenvalue weighted by Gasteiger charge is -2.26. The van der Waals surface area contributed by atoms with E-state index in [2.05, 4.69) is 22.7 Å². The topological polar surface area (TPSA) is 43.4 Å². The van der Waals surface area contributed by atoms with Crippen LogP contribution in [0.4, 0.5) is 0 Å². The van der Waals surface area contributed by atoms with Crippen LogP contribution < -0.4 is 5.32 Å². The Morgan fingerprint density at radius 2 is 2.20 bits per heavy atom. The number of aromatic nitrogens is 1. The molecule has 1 saturated heterocycles. The highest BCUT2D eigenvalue weighted by molar-refractivity contribution is 7.03. The molecule has 1 saturated carbocycles. The van der Waals surface area contributed by atoms with Crippen LogP contribution in [0.2, 0.25) is 0 Å². The predicted octanol–water partition coefficient (Wildman–Crippen LogP) is 3.26. The van der Waals surface area contributed by atoms with Gasteiger partial charge in [-0.05, 0) is 37.4 Å². The lowest BCUT2D eigenvalue weighted by atomic mass is 10.1. The van der Waals surface area contributed by atoms with E-state index >= 15 is 0 Å². The van der Waals surface area contributed by atoms with Gasteiger partial charge in [-0.15, -0.1) is 0 Å². The molecule has 2 aliphatic rings. The van der Waals surface area contributed by atoms with Gasteiger partial charge < -0.3 is 14.8 Å². The second-order valence-corrected chi connectivity index (χ2v) is 6.60. The molecule has 0 aromatic carbocycles. The van der Waals surface area contributed by atoms with E-state index in [4.69, 9.17) is 9.47 Å². The third-order valence-corrected chi connectivity index (χ3v) is 4.91.